The fourth-order valence-electron chi connectivity index (χ4n) is 8.26. The largest absolute Gasteiger partial charge is 0.274 e. The van der Waals surface area contributed by atoms with Crippen LogP contribution in [0, 0.1) is 24.2 Å². The molecule has 244 valence electrons. The van der Waals surface area contributed by atoms with Crippen molar-refractivity contribution in [1.29, 1.82) is 0 Å². The van der Waals surface area contributed by atoms with Gasteiger partial charge in [0.1, 0.15) is 0 Å². The summed E-state index contributed by atoms with van der Waals surface area (Å²) in [6.07, 6.45) is 14.2. The van der Waals surface area contributed by atoms with Crippen LogP contribution in [-0.2, 0) is 0 Å². The number of fused-ring (bicyclic) bond motifs is 2. The Labute approximate surface area is 281 Å². The number of amides is 4. The van der Waals surface area contributed by atoms with Crippen molar-refractivity contribution in [3.63, 3.8) is 0 Å². The highest BCUT2D eigenvalue weighted by molar-refractivity contribution is 6.41. The molecule has 0 saturated carbocycles. The minimum atomic E-state index is -0.306. The number of terminal acetylenes is 1. The first-order chi connectivity index (χ1) is 23.3. The summed E-state index contributed by atoms with van der Waals surface area (Å²) in [6.45, 7) is 9.31. The maximum absolute atomic E-state index is 14.1. The highest BCUT2D eigenvalue weighted by Crippen LogP contribution is 2.47. The van der Waals surface area contributed by atoms with Gasteiger partial charge < -0.3 is 0 Å². The number of imide groups is 2. The molecule has 0 saturated heterocycles. The fraction of sp³-hybridized carbons (Fsp3) is 0.381. The van der Waals surface area contributed by atoms with Gasteiger partial charge in [0.05, 0.1) is 0 Å². The molecule has 2 aliphatic rings. The summed E-state index contributed by atoms with van der Waals surface area (Å²) in [4.78, 5) is 59.0. The zero-order valence-corrected chi connectivity index (χ0v) is 28.4. The Morgan fingerprint density at radius 2 is 1.00 bits per heavy atom. The fourth-order valence-corrected chi connectivity index (χ4v) is 8.26. The molecule has 0 radical (unpaired) electrons. The van der Waals surface area contributed by atoms with Crippen molar-refractivity contribution >= 4 is 66.7 Å². The zero-order chi connectivity index (χ0) is 33.9. The van der Waals surface area contributed by atoms with Crippen molar-refractivity contribution in [2.75, 3.05) is 13.1 Å². The third-order valence-electron chi connectivity index (χ3n) is 11.0. The second kappa shape index (κ2) is 12.4. The average molecular weight is 639 g/mol. The van der Waals surface area contributed by atoms with Crippen LogP contribution >= 0.6 is 0 Å². The lowest BCUT2D eigenvalue weighted by molar-refractivity contribution is 0.0565. The molecule has 0 N–H and O–H groups in total. The first-order valence-electron chi connectivity index (χ1n) is 17.7. The van der Waals surface area contributed by atoms with E-state index in [0.29, 0.717) is 51.7 Å². The van der Waals surface area contributed by atoms with E-state index in [-0.39, 0.29) is 35.5 Å². The van der Waals surface area contributed by atoms with Crippen molar-refractivity contribution in [3.8, 4) is 12.3 Å². The number of hydrogen-bond acceptors (Lipinski definition) is 4. The molecule has 0 spiro atoms. The summed E-state index contributed by atoms with van der Waals surface area (Å²) >= 11 is 0. The number of carbonyl (C=O) groups is 4. The van der Waals surface area contributed by atoms with Crippen LogP contribution in [0.4, 0.5) is 0 Å². The van der Waals surface area contributed by atoms with Gasteiger partial charge in [-0.2, -0.15) is 0 Å². The van der Waals surface area contributed by atoms with Gasteiger partial charge in [-0.05, 0) is 70.5 Å². The zero-order valence-electron chi connectivity index (χ0n) is 28.4. The topological polar surface area (TPSA) is 74.8 Å². The van der Waals surface area contributed by atoms with E-state index in [0.717, 1.165) is 83.7 Å². The van der Waals surface area contributed by atoms with Crippen molar-refractivity contribution in [3.05, 3.63) is 70.3 Å². The molecule has 2 atom stereocenters. The van der Waals surface area contributed by atoms with E-state index >= 15 is 0 Å². The first-order valence-corrected chi connectivity index (χ1v) is 17.7. The van der Waals surface area contributed by atoms with E-state index in [1.165, 1.54) is 9.80 Å². The van der Waals surface area contributed by atoms with Gasteiger partial charge in [0, 0.05) is 62.5 Å². The molecular weight excluding hydrogens is 596 g/mol. The number of carbonyl (C=O) groups excluding carboxylic acids is 4. The Morgan fingerprint density at radius 3 is 1.46 bits per heavy atom. The Morgan fingerprint density at radius 1 is 0.562 bits per heavy atom. The summed E-state index contributed by atoms with van der Waals surface area (Å²) in [5, 5.41) is 6.15. The molecule has 0 aliphatic carbocycles. The minimum absolute atomic E-state index is 0.233. The van der Waals surface area contributed by atoms with E-state index in [1.807, 2.05) is 36.4 Å². The Kier molecular flexibility index (Phi) is 8.19. The van der Waals surface area contributed by atoms with Gasteiger partial charge in [0.2, 0.25) is 0 Å². The monoisotopic (exact) mass is 638 g/mol. The van der Waals surface area contributed by atoms with Gasteiger partial charge in [-0.3, -0.25) is 29.0 Å². The van der Waals surface area contributed by atoms with Crippen LogP contribution in [0.2, 0.25) is 0 Å². The molecule has 2 aliphatic heterocycles. The van der Waals surface area contributed by atoms with Gasteiger partial charge in [0.15, 0.2) is 0 Å². The van der Waals surface area contributed by atoms with Crippen molar-refractivity contribution in [1.82, 2.24) is 9.80 Å². The summed E-state index contributed by atoms with van der Waals surface area (Å²) < 4.78 is 0. The van der Waals surface area contributed by atoms with Crippen molar-refractivity contribution in [2.45, 2.75) is 79.1 Å². The second-order valence-corrected chi connectivity index (χ2v) is 13.7. The highest BCUT2D eigenvalue weighted by Gasteiger charge is 2.38. The van der Waals surface area contributed by atoms with Gasteiger partial charge in [-0.1, -0.05) is 90.3 Å². The van der Waals surface area contributed by atoms with Crippen LogP contribution in [0.15, 0.2) is 42.5 Å². The molecule has 0 aromatic heterocycles. The molecule has 7 rings (SSSR count). The SMILES string of the molecule is C#Cc1cc2c3c(ccc4c5ccc6c7c(ccc(c1c34)c75)C(=O)N(CC(CC)CCCC)C6=O)C(=O)N(CC(CC)CCCC)C2=O. The van der Waals surface area contributed by atoms with Crippen LogP contribution in [0.1, 0.15) is 126 Å². The number of benzene rings is 5. The molecule has 48 heavy (non-hydrogen) atoms. The van der Waals surface area contributed by atoms with E-state index in [9.17, 15) is 19.2 Å². The van der Waals surface area contributed by atoms with Gasteiger partial charge in [-0.15, -0.1) is 6.42 Å². The van der Waals surface area contributed by atoms with Crippen LogP contribution in [0.25, 0.3) is 43.1 Å². The van der Waals surface area contributed by atoms with E-state index in [2.05, 4.69) is 33.6 Å². The third kappa shape index (κ3) is 4.62. The Hall–Kier alpha value is -4.76. The Bertz CT molecular complexity index is 2180. The standard InChI is InChI=1S/C42H42N2O4/c1-6-11-13-24(8-3)22-43-39(45)30-18-15-27-28-16-19-32-37-33(42(48)44(41(32)47)23-25(9-4)14-12-7-2)21-26(10-5)34(38(28)37)29-17-20-31(40(43)46)36(30)35(27)29/h5,15-21,24-25H,6-9,11-14,22-23H2,1-4H3. The second-order valence-electron chi connectivity index (χ2n) is 13.7. The van der Waals surface area contributed by atoms with Crippen LogP contribution < -0.4 is 0 Å². The van der Waals surface area contributed by atoms with Crippen LogP contribution in [0.5, 0.6) is 0 Å². The van der Waals surface area contributed by atoms with Gasteiger partial charge >= 0.3 is 0 Å². The molecule has 5 aromatic carbocycles. The minimum Gasteiger partial charge on any atom is -0.274 e. The molecule has 6 heteroatoms. The molecule has 4 amide bonds. The lowest BCUT2D eigenvalue weighted by Crippen LogP contribution is -2.43. The molecule has 0 fully saturated rings. The smallest absolute Gasteiger partial charge is 0.261 e. The first kappa shape index (κ1) is 31.8. The number of hydrogen-bond donors (Lipinski definition) is 0. The molecule has 6 nitrogen and oxygen atoms in total. The van der Waals surface area contributed by atoms with E-state index in [4.69, 9.17) is 6.42 Å². The lowest BCUT2D eigenvalue weighted by Gasteiger charge is -2.32. The van der Waals surface area contributed by atoms with E-state index in [1.54, 1.807) is 6.07 Å². The molecule has 5 aromatic rings. The van der Waals surface area contributed by atoms with E-state index < -0.39 is 0 Å². The van der Waals surface area contributed by atoms with Crippen molar-refractivity contribution in [2.24, 2.45) is 11.8 Å². The van der Waals surface area contributed by atoms with Crippen LogP contribution in [0.3, 0.4) is 0 Å². The predicted molar refractivity (Wildman–Crippen MR) is 193 cm³/mol. The summed E-state index contributed by atoms with van der Waals surface area (Å²) in [6, 6.07) is 13.1. The van der Waals surface area contributed by atoms with Gasteiger partial charge in [0.25, 0.3) is 23.6 Å². The molecule has 0 bridgehead atoms. The van der Waals surface area contributed by atoms with Crippen LogP contribution in [-0.4, -0.2) is 46.5 Å². The molecule has 2 heterocycles. The maximum Gasteiger partial charge on any atom is 0.261 e. The normalized spacial score (nSPS) is 15.8. The summed E-state index contributed by atoms with van der Waals surface area (Å²) in [7, 11) is 0. The average Bonchev–Trinajstić information content (AvgIpc) is 3.11. The highest BCUT2D eigenvalue weighted by atomic mass is 16.2. The summed E-state index contributed by atoms with van der Waals surface area (Å²) in [5.74, 6) is 2.22. The summed E-state index contributed by atoms with van der Waals surface area (Å²) in [5.41, 5.74) is 2.54. The van der Waals surface area contributed by atoms with Gasteiger partial charge in [-0.25, -0.2) is 0 Å². The molecule has 2 unspecified atom stereocenters. The third-order valence-corrected chi connectivity index (χ3v) is 11.0. The maximum atomic E-state index is 14.1. The number of nitrogens with zero attached hydrogens (tertiary/aromatic N) is 2. The lowest BCUT2D eigenvalue weighted by atomic mass is 9.80. The molecular formula is C42H42N2O4. The predicted octanol–water partition coefficient (Wildman–Crippen LogP) is 9.34. The number of rotatable bonds is 12. The van der Waals surface area contributed by atoms with Crippen molar-refractivity contribution < 1.29 is 19.2 Å². The Balaban J connectivity index is 1.43. The quantitative estimate of drug-likeness (QED) is 0.0591. The number of unbranched alkanes of at least 4 members (excludes halogenated alkanes) is 2.